The van der Waals surface area contributed by atoms with Crippen molar-refractivity contribution in [2.24, 2.45) is 5.92 Å². The molecule has 3 rings (SSSR count). The van der Waals surface area contributed by atoms with Crippen molar-refractivity contribution in [2.45, 2.75) is 32.9 Å². The molecule has 1 unspecified atom stereocenters. The van der Waals surface area contributed by atoms with Gasteiger partial charge in [-0.2, -0.15) is 4.68 Å². The second-order valence-electron chi connectivity index (χ2n) is 6.47. The van der Waals surface area contributed by atoms with Crippen molar-refractivity contribution in [3.8, 4) is 11.7 Å². The first-order valence-corrected chi connectivity index (χ1v) is 8.49. The number of benzene rings is 1. The fourth-order valence-corrected chi connectivity index (χ4v) is 2.72. The maximum Gasteiger partial charge on any atom is 0.437 e. The molecular formula is C19H21N3O4. The Labute approximate surface area is 150 Å². The highest BCUT2D eigenvalue weighted by Crippen LogP contribution is 2.21. The smallest absolute Gasteiger partial charge is 0.437 e. The summed E-state index contributed by atoms with van der Waals surface area (Å²) in [5.74, 6) is -0.216. The molecule has 0 saturated heterocycles. The van der Waals surface area contributed by atoms with Crippen LogP contribution in [-0.2, 0) is 11.3 Å². The van der Waals surface area contributed by atoms with E-state index in [2.05, 4.69) is 24.3 Å². The van der Waals surface area contributed by atoms with Crippen LogP contribution < -0.4 is 11.1 Å². The Morgan fingerprint density at radius 1 is 1.19 bits per heavy atom. The van der Waals surface area contributed by atoms with Crippen LogP contribution in [0.1, 0.15) is 31.9 Å². The van der Waals surface area contributed by atoms with Gasteiger partial charge in [0.1, 0.15) is 6.54 Å². The van der Waals surface area contributed by atoms with Gasteiger partial charge in [0.2, 0.25) is 5.91 Å². The summed E-state index contributed by atoms with van der Waals surface area (Å²) < 4.78 is 11.2. The number of carbonyl (C=O) groups excluding carboxylic acids is 1. The molecule has 0 saturated carbocycles. The minimum absolute atomic E-state index is 0.0505. The summed E-state index contributed by atoms with van der Waals surface area (Å²) in [7, 11) is 0. The summed E-state index contributed by atoms with van der Waals surface area (Å²) in [6, 6.07) is 12.9. The molecule has 0 spiro atoms. The maximum absolute atomic E-state index is 12.4. The third kappa shape index (κ3) is 4.30. The van der Waals surface area contributed by atoms with Crippen LogP contribution in [0.25, 0.3) is 11.7 Å². The Bertz CT molecular complexity index is 895. The van der Waals surface area contributed by atoms with Gasteiger partial charge in [0.15, 0.2) is 5.76 Å². The summed E-state index contributed by atoms with van der Waals surface area (Å²) in [6.07, 6.45) is 2.25. The Morgan fingerprint density at radius 2 is 1.96 bits per heavy atom. The minimum Gasteiger partial charge on any atom is -0.459 e. The van der Waals surface area contributed by atoms with Gasteiger partial charge in [-0.15, -0.1) is 5.10 Å². The standard InChI is InChI=1S/C19H21N3O4/c1-13(2)11-15(14-7-4-3-5-8-14)20-17(23)12-22-19(24)26-18(21-22)16-9-6-10-25-16/h3-10,13,15H,11-12H2,1-2H3,(H,20,23). The second kappa shape index (κ2) is 7.86. The third-order valence-corrected chi connectivity index (χ3v) is 3.88. The molecule has 1 aromatic carbocycles. The highest BCUT2D eigenvalue weighted by molar-refractivity contribution is 5.76. The lowest BCUT2D eigenvalue weighted by Gasteiger charge is -2.21. The quantitative estimate of drug-likeness (QED) is 0.703. The first-order chi connectivity index (χ1) is 12.5. The summed E-state index contributed by atoms with van der Waals surface area (Å²) in [5.41, 5.74) is 1.03. The molecule has 0 fully saturated rings. The molecule has 0 radical (unpaired) electrons. The molecule has 0 aliphatic rings. The fraction of sp³-hybridized carbons (Fsp3) is 0.316. The topological polar surface area (TPSA) is 90.3 Å². The Morgan fingerprint density at radius 3 is 2.62 bits per heavy atom. The minimum atomic E-state index is -0.702. The molecule has 136 valence electrons. The first kappa shape index (κ1) is 17.7. The van der Waals surface area contributed by atoms with Crippen LogP contribution in [0.15, 0.2) is 62.4 Å². The zero-order valence-corrected chi connectivity index (χ0v) is 14.7. The van der Waals surface area contributed by atoms with Gasteiger partial charge < -0.3 is 14.2 Å². The van der Waals surface area contributed by atoms with E-state index in [1.807, 2.05) is 30.3 Å². The van der Waals surface area contributed by atoms with Crippen LogP contribution in [0, 0.1) is 5.92 Å². The molecule has 26 heavy (non-hydrogen) atoms. The Balaban J connectivity index is 1.72. The first-order valence-electron chi connectivity index (χ1n) is 8.49. The van der Waals surface area contributed by atoms with Crippen molar-refractivity contribution in [3.05, 3.63) is 64.8 Å². The molecule has 7 heteroatoms. The fourth-order valence-electron chi connectivity index (χ4n) is 2.72. The van der Waals surface area contributed by atoms with Gasteiger partial charge in [0.05, 0.1) is 12.3 Å². The zero-order chi connectivity index (χ0) is 18.5. The van der Waals surface area contributed by atoms with Crippen molar-refractivity contribution in [2.75, 3.05) is 0 Å². The Hall–Kier alpha value is -3.09. The molecule has 1 amide bonds. The maximum atomic E-state index is 12.4. The van der Waals surface area contributed by atoms with Crippen LogP contribution in [-0.4, -0.2) is 15.7 Å². The lowest BCUT2D eigenvalue weighted by atomic mass is 9.97. The summed E-state index contributed by atoms with van der Waals surface area (Å²) in [6.45, 7) is 3.98. The molecule has 3 aromatic rings. The van der Waals surface area contributed by atoms with E-state index in [-0.39, 0.29) is 24.4 Å². The SMILES string of the molecule is CC(C)CC(NC(=O)Cn1nc(-c2ccco2)oc1=O)c1ccccc1. The normalized spacial score (nSPS) is 12.3. The lowest BCUT2D eigenvalue weighted by Crippen LogP contribution is -2.34. The highest BCUT2D eigenvalue weighted by Gasteiger charge is 2.19. The van der Waals surface area contributed by atoms with Gasteiger partial charge in [-0.3, -0.25) is 4.79 Å². The van der Waals surface area contributed by atoms with Crippen LogP contribution in [0.3, 0.4) is 0 Å². The van der Waals surface area contributed by atoms with E-state index < -0.39 is 5.76 Å². The van der Waals surface area contributed by atoms with Crippen LogP contribution >= 0.6 is 0 Å². The van der Waals surface area contributed by atoms with Gasteiger partial charge >= 0.3 is 5.76 Å². The summed E-state index contributed by atoms with van der Waals surface area (Å²) in [4.78, 5) is 24.4. The van der Waals surface area contributed by atoms with E-state index in [9.17, 15) is 9.59 Å². The van der Waals surface area contributed by atoms with Crippen molar-refractivity contribution in [1.82, 2.24) is 15.1 Å². The molecule has 2 aromatic heterocycles. The van der Waals surface area contributed by atoms with Gasteiger partial charge in [0, 0.05) is 0 Å². The Kier molecular flexibility index (Phi) is 5.36. The van der Waals surface area contributed by atoms with E-state index in [0.29, 0.717) is 11.7 Å². The van der Waals surface area contributed by atoms with E-state index in [4.69, 9.17) is 8.83 Å². The van der Waals surface area contributed by atoms with Gasteiger partial charge in [-0.25, -0.2) is 4.79 Å². The molecule has 0 aliphatic heterocycles. The number of nitrogens with one attached hydrogen (secondary N) is 1. The number of rotatable bonds is 7. The second-order valence-corrected chi connectivity index (χ2v) is 6.47. The molecular weight excluding hydrogens is 334 g/mol. The highest BCUT2D eigenvalue weighted by atomic mass is 16.4. The average molecular weight is 355 g/mol. The lowest BCUT2D eigenvalue weighted by molar-refractivity contribution is -0.122. The largest absolute Gasteiger partial charge is 0.459 e. The van der Waals surface area contributed by atoms with Crippen molar-refractivity contribution < 1.29 is 13.6 Å². The summed E-state index contributed by atoms with van der Waals surface area (Å²) >= 11 is 0. The van der Waals surface area contributed by atoms with Crippen LogP contribution in [0.5, 0.6) is 0 Å². The van der Waals surface area contributed by atoms with Crippen molar-refractivity contribution >= 4 is 5.91 Å². The molecule has 1 atom stereocenters. The van der Waals surface area contributed by atoms with E-state index >= 15 is 0 Å². The number of amides is 1. The van der Waals surface area contributed by atoms with Gasteiger partial charge in [-0.1, -0.05) is 44.2 Å². The number of hydrogen-bond acceptors (Lipinski definition) is 5. The van der Waals surface area contributed by atoms with Crippen molar-refractivity contribution in [3.63, 3.8) is 0 Å². The van der Waals surface area contributed by atoms with E-state index in [0.717, 1.165) is 16.7 Å². The number of hydrogen-bond donors (Lipinski definition) is 1. The molecule has 1 N–H and O–H groups in total. The monoisotopic (exact) mass is 355 g/mol. The van der Waals surface area contributed by atoms with E-state index in [1.165, 1.54) is 6.26 Å². The molecule has 0 aliphatic carbocycles. The van der Waals surface area contributed by atoms with Gasteiger partial charge in [-0.05, 0) is 30.0 Å². The number of carbonyl (C=O) groups is 1. The van der Waals surface area contributed by atoms with Crippen LogP contribution in [0.4, 0.5) is 0 Å². The van der Waals surface area contributed by atoms with Crippen LogP contribution in [0.2, 0.25) is 0 Å². The number of nitrogens with zero attached hydrogens (tertiary/aromatic N) is 2. The van der Waals surface area contributed by atoms with E-state index in [1.54, 1.807) is 12.1 Å². The zero-order valence-electron chi connectivity index (χ0n) is 14.7. The number of furan rings is 1. The number of aromatic nitrogens is 2. The van der Waals surface area contributed by atoms with Gasteiger partial charge in [0.25, 0.3) is 5.89 Å². The third-order valence-electron chi connectivity index (χ3n) is 3.88. The predicted molar refractivity (Wildman–Crippen MR) is 95.2 cm³/mol. The molecule has 2 heterocycles. The molecule has 0 bridgehead atoms. The van der Waals surface area contributed by atoms with Crippen molar-refractivity contribution in [1.29, 1.82) is 0 Å². The predicted octanol–water partition coefficient (Wildman–Crippen LogP) is 3.00. The average Bonchev–Trinajstić information content (AvgIpc) is 3.25. The summed E-state index contributed by atoms with van der Waals surface area (Å²) in [5, 5.41) is 7.00. The molecule has 7 nitrogen and oxygen atoms in total.